The van der Waals surface area contributed by atoms with Crippen LogP contribution in [0.15, 0.2) is 48.5 Å². The van der Waals surface area contributed by atoms with E-state index in [9.17, 15) is 18.0 Å². The molecule has 0 aromatic heterocycles. The summed E-state index contributed by atoms with van der Waals surface area (Å²) < 4.78 is 30.0. The molecule has 0 bridgehead atoms. The number of rotatable bonds is 7. The number of sulfonamides is 1. The minimum Gasteiger partial charge on any atom is -0.452 e. The Balaban J connectivity index is 1.95. The highest BCUT2D eigenvalue weighted by Gasteiger charge is 2.17. The lowest BCUT2D eigenvalue weighted by Gasteiger charge is -2.15. The van der Waals surface area contributed by atoms with Gasteiger partial charge in [-0.2, -0.15) is 0 Å². The predicted molar refractivity (Wildman–Crippen MR) is 103 cm³/mol. The third-order valence-electron chi connectivity index (χ3n) is 3.52. The number of carbonyl (C=O) groups excluding carboxylic acids is 2. The van der Waals surface area contributed by atoms with Gasteiger partial charge in [0.2, 0.25) is 10.0 Å². The van der Waals surface area contributed by atoms with Crippen LogP contribution in [0.4, 0.5) is 5.69 Å². The maximum absolute atomic E-state index is 12.2. The Bertz CT molecular complexity index is 929. The summed E-state index contributed by atoms with van der Waals surface area (Å²) in [5.41, 5.74) is 0.947. The molecular formula is C18H19ClN2O5S. The topological polar surface area (TPSA) is 102 Å². The van der Waals surface area contributed by atoms with E-state index in [1.807, 2.05) is 0 Å². The smallest absolute Gasteiger partial charge is 0.340 e. The standard InChI is InChI=1S/C18H19ClN2O5S/c1-12(13-7-9-14(19)10-8-13)20-17(22)11-26-18(23)15-5-3-4-6-16(15)21-27(2,24)25/h3-10,12,21H,11H2,1-2H3,(H,20,22)/t12-/m1/s1. The van der Waals surface area contributed by atoms with Crippen LogP contribution in [0.1, 0.15) is 28.9 Å². The van der Waals surface area contributed by atoms with Gasteiger partial charge < -0.3 is 10.1 Å². The second-order valence-corrected chi connectivity index (χ2v) is 8.02. The molecule has 0 fully saturated rings. The molecule has 27 heavy (non-hydrogen) atoms. The van der Waals surface area contributed by atoms with Crippen molar-refractivity contribution in [3.8, 4) is 0 Å². The summed E-state index contributed by atoms with van der Waals surface area (Å²) >= 11 is 5.83. The number of esters is 1. The summed E-state index contributed by atoms with van der Waals surface area (Å²) in [6, 6.07) is 12.7. The molecule has 1 atom stereocenters. The van der Waals surface area contributed by atoms with Crippen molar-refractivity contribution in [1.82, 2.24) is 5.32 Å². The number of amides is 1. The first-order chi connectivity index (χ1) is 12.7. The fraction of sp³-hybridized carbons (Fsp3) is 0.222. The van der Waals surface area contributed by atoms with E-state index < -0.39 is 28.5 Å². The first-order valence-electron chi connectivity index (χ1n) is 7.94. The number of anilines is 1. The highest BCUT2D eigenvalue weighted by atomic mass is 35.5. The molecule has 0 unspecified atom stereocenters. The number of hydrogen-bond donors (Lipinski definition) is 2. The van der Waals surface area contributed by atoms with Gasteiger partial charge in [0.15, 0.2) is 6.61 Å². The van der Waals surface area contributed by atoms with E-state index in [0.29, 0.717) is 5.02 Å². The van der Waals surface area contributed by atoms with Crippen LogP contribution in [0.2, 0.25) is 5.02 Å². The zero-order chi connectivity index (χ0) is 20.0. The van der Waals surface area contributed by atoms with Crippen molar-refractivity contribution in [1.29, 1.82) is 0 Å². The molecule has 0 aliphatic rings. The Morgan fingerprint density at radius 1 is 1.11 bits per heavy atom. The van der Waals surface area contributed by atoms with Crippen LogP contribution >= 0.6 is 11.6 Å². The van der Waals surface area contributed by atoms with Crippen molar-refractivity contribution >= 4 is 39.2 Å². The van der Waals surface area contributed by atoms with Gasteiger partial charge in [-0.3, -0.25) is 9.52 Å². The largest absolute Gasteiger partial charge is 0.452 e. The highest BCUT2D eigenvalue weighted by Crippen LogP contribution is 2.18. The SMILES string of the molecule is C[C@@H](NC(=O)COC(=O)c1ccccc1NS(C)(=O)=O)c1ccc(Cl)cc1. The van der Waals surface area contributed by atoms with Crippen LogP contribution in [-0.2, 0) is 19.6 Å². The maximum Gasteiger partial charge on any atom is 0.340 e. The highest BCUT2D eigenvalue weighted by molar-refractivity contribution is 7.92. The van der Waals surface area contributed by atoms with Crippen molar-refractivity contribution in [3.63, 3.8) is 0 Å². The van der Waals surface area contributed by atoms with Gasteiger partial charge in [0.1, 0.15) is 0 Å². The van der Waals surface area contributed by atoms with Gasteiger partial charge in [-0.25, -0.2) is 13.2 Å². The van der Waals surface area contributed by atoms with Crippen LogP contribution in [0.5, 0.6) is 0 Å². The van der Waals surface area contributed by atoms with Gasteiger partial charge in [-0.15, -0.1) is 0 Å². The number of para-hydroxylation sites is 1. The molecule has 0 radical (unpaired) electrons. The lowest BCUT2D eigenvalue weighted by Crippen LogP contribution is -2.31. The summed E-state index contributed by atoms with van der Waals surface area (Å²) in [5.74, 6) is -1.30. The van der Waals surface area contributed by atoms with Crippen molar-refractivity contribution in [2.45, 2.75) is 13.0 Å². The number of benzene rings is 2. The number of ether oxygens (including phenoxy) is 1. The molecule has 9 heteroatoms. The Morgan fingerprint density at radius 2 is 1.74 bits per heavy atom. The van der Waals surface area contributed by atoms with Crippen molar-refractivity contribution < 1.29 is 22.7 Å². The second kappa shape index (κ2) is 8.88. The molecular weight excluding hydrogens is 392 g/mol. The normalized spacial score (nSPS) is 12.1. The predicted octanol–water partition coefficient (Wildman–Crippen LogP) is 2.75. The Hall–Kier alpha value is -2.58. The molecule has 0 spiro atoms. The minimum absolute atomic E-state index is 0.0153. The van der Waals surface area contributed by atoms with Gasteiger partial charge in [-0.1, -0.05) is 35.9 Å². The fourth-order valence-corrected chi connectivity index (χ4v) is 2.98. The van der Waals surface area contributed by atoms with E-state index in [4.69, 9.17) is 16.3 Å². The summed E-state index contributed by atoms with van der Waals surface area (Å²) in [5, 5.41) is 3.29. The number of carbonyl (C=O) groups is 2. The van der Waals surface area contributed by atoms with Crippen LogP contribution in [0.3, 0.4) is 0 Å². The third-order valence-corrected chi connectivity index (χ3v) is 4.37. The zero-order valence-corrected chi connectivity index (χ0v) is 16.3. The van der Waals surface area contributed by atoms with E-state index in [-0.39, 0.29) is 17.3 Å². The molecule has 0 heterocycles. The Kier molecular flexibility index (Phi) is 6.81. The van der Waals surface area contributed by atoms with Crippen LogP contribution < -0.4 is 10.0 Å². The molecule has 144 valence electrons. The van der Waals surface area contributed by atoms with Gasteiger partial charge in [-0.05, 0) is 36.8 Å². The summed E-state index contributed by atoms with van der Waals surface area (Å²) in [6.07, 6.45) is 0.973. The van der Waals surface area contributed by atoms with Crippen molar-refractivity contribution in [2.75, 3.05) is 17.6 Å². The van der Waals surface area contributed by atoms with Gasteiger partial charge >= 0.3 is 5.97 Å². The van der Waals surface area contributed by atoms with E-state index in [1.54, 1.807) is 43.3 Å². The summed E-state index contributed by atoms with van der Waals surface area (Å²) in [6.45, 7) is 1.29. The molecule has 2 rings (SSSR count). The molecule has 0 aliphatic carbocycles. The Labute approximate surface area is 162 Å². The number of halogens is 1. The molecule has 0 aliphatic heterocycles. The summed E-state index contributed by atoms with van der Waals surface area (Å²) in [7, 11) is -3.56. The van der Waals surface area contributed by atoms with E-state index in [0.717, 1.165) is 11.8 Å². The average Bonchev–Trinajstić information content (AvgIpc) is 2.59. The van der Waals surface area contributed by atoms with Crippen molar-refractivity contribution in [2.24, 2.45) is 0 Å². The Morgan fingerprint density at radius 3 is 2.37 bits per heavy atom. The quantitative estimate of drug-likeness (QED) is 0.683. The average molecular weight is 411 g/mol. The second-order valence-electron chi connectivity index (χ2n) is 5.84. The monoisotopic (exact) mass is 410 g/mol. The molecule has 2 N–H and O–H groups in total. The number of hydrogen-bond acceptors (Lipinski definition) is 5. The third kappa shape index (κ3) is 6.58. The van der Waals surface area contributed by atoms with Crippen LogP contribution in [0, 0.1) is 0 Å². The zero-order valence-electron chi connectivity index (χ0n) is 14.7. The van der Waals surface area contributed by atoms with Crippen molar-refractivity contribution in [3.05, 3.63) is 64.7 Å². The summed E-state index contributed by atoms with van der Waals surface area (Å²) in [4.78, 5) is 24.2. The molecule has 2 aromatic carbocycles. The first-order valence-corrected chi connectivity index (χ1v) is 10.2. The van der Waals surface area contributed by atoms with E-state index in [2.05, 4.69) is 10.0 Å². The first kappa shape index (κ1) is 20.7. The maximum atomic E-state index is 12.2. The molecule has 2 aromatic rings. The lowest BCUT2D eigenvalue weighted by molar-refractivity contribution is -0.124. The molecule has 0 saturated carbocycles. The van der Waals surface area contributed by atoms with Crippen LogP contribution in [0.25, 0.3) is 0 Å². The van der Waals surface area contributed by atoms with Crippen LogP contribution in [-0.4, -0.2) is 33.2 Å². The molecule has 1 amide bonds. The van der Waals surface area contributed by atoms with Gasteiger partial charge in [0.25, 0.3) is 5.91 Å². The fourth-order valence-electron chi connectivity index (χ4n) is 2.28. The lowest BCUT2D eigenvalue weighted by atomic mass is 10.1. The minimum atomic E-state index is -3.56. The van der Waals surface area contributed by atoms with Gasteiger partial charge in [0.05, 0.1) is 23.5 Å². The molecule has 0 saturated heterocycles. The van der Waals surface area contributed by atoms with Gasteiger partial charge in [0, 0.05) is 5.02 Å². The van der Waals surface area contributed by atoms with E-state index in [1.165, 1.54) is 12.1 Å². The molecule has 7 nitrogen and oxygen atoms in total. The number of nitrogens with one attached hydrogen (secondary N) is 2. The van der Waals surface area contributed by atoms with E-state index >= 15 is 0 Å².